The molecule has 11 rings (SSSR count). The van der Waals surface area contributed by atoms with Crippen molar-refractivity contribution in [2.24, 2.45) is 5.73 Å². The average Bonchev–Trinajstić information content (AvgIpc) is 1.46. The maximum Gasteiger partial charge on any atom is 0.320 e. The molecule has 24 nitrogen and oxygen atoms in total. The molecule has 85 heavy (non-hydrogen) atoms. The van der Waals surface area contributed by atoms with Gasteiger partial charge in [-0.3, -0.25) is 19.0 Å². The molecule has 2 amide bonds. The van der Waals surface area contributed by atoms with E-state index in [-0.39, 0.29) is 66.7 Å². The minimum atomic E-state index is -3.92. The summed E-state index contributed by atoms with van der Waals surface area (Å²) in [5.41, 5.74) is 23.6. The largest absolute Gasteiger partial charge is 0.748 e. The fraction of sp³-hybridized carbons (Fsp3) is 0.542. The number of nitrogens with two attached hydrogens (primary N) is 2. The Morgan fingerprint density at radius 3 is 2.27 bits per heavy atom. The van der Waals surface area contributed by atoms with Crippen LogP contribution >= 0.6 is 0 Å². The standard InChI is InChI=1S/C31H31N2O.C27H45N9O9S.CH4O3S/c1-2-8-20(9-3-1)27-25-18-21-10-4-14-32-16-6-12-23(28(21)32)30(25)34-31-24-13-7-17-33-15-5-11-22(29(24)33)19-26(27)31;1-15(2)35(12-9-16(28)26(41)42)24(40)21-19(38)20(39)25(45-21)36-14-32-18-22(29)33-27(34-23(18)36)31-11-10-30-17(37)8-6-4-5-7-13-46(3,43)44;1-5(2,3)4/h1-3,8-9,18-19H,4-7,10-17H2;14-16,19-21,25,38-39H,4-13,28H2,1-3H3,(H,30,37)(H,41,42)(H3,29,31,33,34);1H3,(H,2,3,4)/q+1;;/p-1/t;16-,19-,20+,21-,25?;/m.0./s1. The summed E-state index contributed by atoms with van der Waals surface area (Å²) in [7, 11) is -6.89. The Morgan fingerprint density at radius 1 is 0.882 bits per heavy atom. The first-order chi connectivity index (χ1) is 40.5. The topological polar surface area (TPSA) is 351 Å². The minimum absolute atomic E-state index is 0.00212. The number of aliphatic hydroxyl groups excluding tert-OH is 2. The highest BCUT2D eigenvalue weighted by Gasteiger charge is 2.49. The number of fused-ring (bicyclic) bond motifs is 5. The van der Waals surface area contributed by atoms with Crippen LogP contribution in [0.2, 0.25) is 0 Å². The zero-order valence-corrected chi connectivity index (χ0v) is 50.3. The number of rotatable bonds is 19. The summed E-state index contributed by atoms with van der Waals surface area (Å²) < 4.78 is 66.5. The van der Waals surface area contributed by atoms with E-state index in [4.69, 9.17) is 39.0 Å². The van der Waals surface area contributed by atoms with Crippen molar-refractivity contribution in [3.05, 3.63) is 92.7 Å². The van der Waals surface area contributed by atoms with E-state index >= 15 is 0 Å². The van der Waals surface area contributed by atoms with Gasteiger partial charge in [0.15, 0.2) is 23.8 Å². The number of carboxylic acids is 1. The second kappa shape index (κ2) is 26.8. The number of aryl methyl sites for hydroxylation is 2. The number of unbranched alkanes of at least 4 members (excludes halogenated alkanes) is 3. The van der Waals surface area contributed by atoms with Gasteiger partial charge in [0.1, 0.15) is 58.2 Å². The predicted molar refractivity (Wildman–Crippen MR) is 319 cm³/mol. The molecular weight excluding hydrogens is 1130 g/mol. The van der Waals surface area contributed by atoms with Gasteiger partial charge in [0.05, 0.1) is 22.0 Å². The van der Waals surface area contributed by atoms with Crippen LogP contribution in [0.5, 0.6) is 11.5 Å². The summed E-state index contributed by atoms with van der Waals surface area (Å²) in [4.78, 5) is 53.4. The Labute approximate surface area is 495 Å². The van der Waals surface area contributed by atoms with Crippen molar-refractivity contribution in [3.63, 3.8) is 0 Å². The first kappa shape index (κ1) is 62.7. The lowest BCUT2D eigenvalue weighted by molar-refractivity contribution is -0.151. The third kappa shape index (κ3) is 14.7. The van der Waals surface area contributed by atoms with Gasteiger partial charge in [-0.25, -0.2) is 26.4 Å². The molecule has 0 radical (unpaired) electrons. The molecule has 5 atom stereocenters. The number of imidazole rings is 1. The van der Waals surface area contributed by atoms with E-state index in [1.165, 1.54) is 142 Å². The van der Waals surface area contributed by atoms with E-state index in [1.807, 2.05) is 0 Å². The summed E-state index contributed by atoms with van der Waals surface area (Å²) in [5.74, 6) is 0.585. The van der Waals surface area contributed by atoms with E-state index < -0.39 is 62.4 Å². The summed E-state index contributed by atoms with van der Waals surface area (Å²) >= 11 is 0. The molecule has 8 heterocycles. The number of hydrogen-bond acceptors (Lipinski definition) is 19. The molecule has 2 aromatic heterocycles. The van der Waals surface area contributed by atoms with Crippen LogP contribution in [0, 0.1) is 0 Å². The number of nitrogens with one attached hydrogen (secondary N) is 2. The van der Waals surface area contributed by atoms with Crippen molar-refractivity contribution in [2.45, 2.75) is 140 Å². The van der Waals surface area contributed by atoms with Gasteiger partial charge in [-0.1, -0.05) is 43.2 Å². The molecule has 1 unspecified atom stereocenters. The first-order valence-electron chi connectivity index (χ1n) is 29.3. The Bertz CT molecular complexity index is 3660. The number of benzene rings is 3. The highest BCUT2D eigenvalue weighted by Crippen LogP contribution is 2.48. The fourth-order valence-electron chi connectivity index (χ4n) is 12.4. The van der Waals surface area contributed by atoms with Gasteiger partial charge in [0.25, 0.3) is 5.91 Å². The molecule has 3 aromatic carbocycles. The maximum absolute atomic E-state index is 13.4. The minimum Gasteiger partial charge on any atom is -0.748 e. The quantitative estimate of drug-likeness (QED) is 0.0346. The van der Waals surface area contributed by atoms with Crippen LogP contribution in [0.15, 0.2) is 48.8 Å². The number of anilines is 3. The number of nitrogens with zero attached hydrogens (tertiary/aromatic N) is 7. The number of nitrogen functional groups attached to an aromatic ring is 1. The van der Waals surface area contributed by atoms with Gasteiger partial charge in [0.2, 0.25) is 17.2 Å². The zero-order chi connectivity index (χ0) is 60.9. The van der Waals surface area contributed by atoms with Crippen molar-refractivity contribution in [2.75, 3.05) is 80.0 Å². The lowest BCUT2D eigenvalue weighted by Gasteiger charge is -2.39. The van der Waals surface area contributed by atoms with Gasteiger partial charge in [-0.15, -0.1) is 0 Å². The molecule has 460 valence electrons. The Kier molecular flexibility index (Phi) is 19.8. The molecule has 0 aliphatic carbocycles. The number of carboxylic acid groups (broad SMARTS) is 1. The third-order valence-corrected chi connectivity index (χ3v) is 17.3. The van der Waals surface area contributed by atoms with Crippen LogP contribution in [0.1, 0.15) is 118 Å². The number of carbonyl (C=O) groups is 3. The van der Waals surface area contributed by atoms with Gasteiger partial charge < -0.3 is 61.2 Å². The highest BCUT2D eigenvalue weighted by atomic mass is 32.2. The zero-order valence-electron chi connectivity index (χ0n) is 48.7. The summed E-state index contributed by atoms with van der Waals surface area (Å²) in [6.07, 6.45) is 9.82. The van der Waals surface area contributed by atoms with Crippen LogP contribution < -0.4 is 46.9 Å². The Morgan fingerprint density at radius 2 is 1.56 bits per heavy atom. The van der Waals surface area contributed by atoms with Crippen molar-refractivity contribution in [1.29, 1.82) is 0 Å². The molecule has 1 saturated heterocycles. The summed E-state index contributed by atoms with van der Waals surface area (Å²) in [6.45, 7) is 8.72. The number of hydrogen-bond donors (Lipinski definition) is 7. The summed E-state index contributed by atoms with van der Waals surface area (Å²) in [5, 5.41) is 39.3. The van der Waals surface area contributed by atoms with Crippen molar-refractivity contribution in [1.82, 2.24) is 34.3 Å². The monoisotopic (exact) mass is 1210 g/mol. The molecule has 5 aromatic rings. The number of amides is 2. The number of ether oxygens (including phenoxy) is 2. The normalized spacial score (nSPS) is 19.7. The van der Waals surface area contributed by atoms with E-state index in [0.717, 1.165) is 37.2 Å². The molecule has 6 aliphatic heterocycles. The number of aliphatic carboxylic acids is 1. The Balaban J connectivity index is 0.000000194. The molecule has 0 saturated carbocycles. The molecule has 1 fully saturated rings. The Hall–Kier alpha value is -6.81. The number of aliphatic hydroxyl groups is 2. The van der Waals surface area contributed by atoms with Crippen LogP contribution in [-0.2, 0) is 64.8 Å². The number of carbonyl (C=O) groups excluding carboxylic acids is 2. The molecule has 0 spiro atoms. The van der Waals surface area contributed by atoms with Crippen LogP contribution in [0.3, 0.4) is 0 Å². The van der Waals surface area contributed by atoms with Crippen molar-refractivity contribution >= 4 is 71.9 Å². The maximum atomic E-state index is 13.4. The average molecular weight is 1210 g/mol. The lowest BCUT2D eigenvalue weighted by atomic mass is 9.83. The van der Waals surface area contributed by atoms with Gasteiger partial charge in [-0.05, 0) is 94.9 Å². The fourth-order valence-corrected chi connectivity index (χ4v) is 13.1. The highest BCUT2D eigenvalue weighted by molar-refractivity contribution is 7.90. The van der Waals surface area contributed by atoms with Gasteiger partial charge in [-0.2, -0.15) is 9.97 Å². The molecule has 6 aliphatic rings. The predicted octanol–water partition coefficient (Wildman–Crippen LogP) is 1.87. The third-order valence-electron chi connectivity index (χ3n) is 16.3. The van der Waals surface area contributed by atoms with Crippen LogP contribution in [0.25, 0.3) is 16.7 Å². The molecular formula is C59H79N11O13S2. The summed E-state index contributed by atoms with van der Waals surface area (Å²) in [6, 6.07) is 14.5. The smallest absolute Gasteiger partial charge is 0.320 e. The SMILES string of the molecule is CC(C)N(CC[C@H](N)C(=O)O)C(=O)[C@H]1OC(n2cnc3c(N)nc(NCCNC(=O)CCCCCCS(C)(=O)=O)nc32)[C@H](O)[C@@H]1O.CS(=O)(=O)[O-].c1ccc(C2=c3cc4c5c(c3Oc3c2cc2c6c3CCCN6CCC2)CCC[N+]=5CCC4)cc1. The van der Waals surface area contributed by atoms with E-state index in [1.54, 1.807) is 13.8 Å². The first-order valence-corrected chi connectivity index (χ1v) is 33.2. The molecule has 26 heteroatoms. The second-order valence-corrected chi connectivity index (χ2v) is 26.7. The van der Waals surface area contributed by atoms with E-state index in [9.17, 15) is 33.0 Å². The van der Waals surface area contributed by atoms with Gasteiger partial charge in [0, 0.05) is 109 Å². The van der Waals surface area contributed by atoms with E-state index in [2.05, 4.69) is 77.5 Å². The van der Waals surface area contributed by atoms with Crippen molar-refractivity contribution in [3.8, 4) is 11.5 Å². The second-order valence-electron chi connectivity index (χ2n) is 23.0. The van der Waals surface area contributed by atoms with Crippen LogP contribution in [-0.4, -0.2) is 173 Å². The molecule has 0 bridgehead atoms. The number of aromatic nitrogens is 4. The molecule has 9 N–H and O–H groups in total. The lowest BCUT2D eigenvalue weighted by Crippen LogP contribution is -2.49. The van der Waals surface area contributed by atoms with Crippen molar-refractivity contribution < 1.29 is 60.6 Å². The number of sulfone groups is 1. The van der Waals surface area contributed by atoms with E-state index in [0.29, 0.717) is 25.5 Å². The van der Waals surface area contributed by atoms with Crippen LogP contribution in [0.4, 0.5) is 17.5 Å². The van der Waals surface area contributed by atoms with Gasteiger partial charge >= 0.3 is 5.97 Å².